The van der Waals surface area contributed by atoms with Crippen LogP contribution in [0.4, 0.5) is 4.39 Å². The van der Waals surface area contributed by atoms with Gasteiger partial charge in [0.2, 0.25) is 0 Å². The number of aryl methyl sites for hydroxylation is 2. The molecular formula is C17H20FN. The molecule has 0 aliphatic carbocycles. The molecule has 0 fully saturated rings. The lowest BCUT2D eigenvalue weighted by molar-refractivity contribution is 0.630. The van der Waals surface area contributed by atoms with Crippen LogP contribution in [0, 0.1) is 5.82 Å². The van der Waals surface area contributed by atoms with Crippen molar-refractivity contribution in [3.63, 3.8) is 0 Å². The molecule has 0 amide bonds. The highest BCUT2D eigenvalue weighted by molar-refractivity contribution is 5.69. The highest BCUT2D eigenvalue weighted by Gasteiger charge is 2.10. The second-order valence-electron chi connectivity index (χ2n) is 4.72. The van der Waals surface area contributed by atoms with E-state index in [0.29, 0.717) is 12.1 Å². The minimum atomic E-state index is -0.180. The third kappa shape index (κ3) is 2.85. The van der Waals surface area contributed by atoms with Crippen molar-refractivity contribution in [3.05, 3.63) is 58.9 Å². The Labute approximate surface area is 114 Å². The minimum absolute atomic E-state index is 0.180. The standard InChI is InChI=1S/C17H20FN/c1-3-12-5-7-14(4-2)15(9-12)16-10-13(11-19)6-8-17(16)18/h5-10H,3-4,11,19H2,1-2H3. The maximum Gasteiger partial charge on any atom is 0.131 e. The topological polar surface area (TPSA) is 26.0 Å². The molecule has 2 aromatic rings. The molecule has 0 spiro atoms. The van der Waals surface area contributed by atoms with Crippen LogP contribution in [0.5, 0.6) is 0 Å². The smallest absolute Gasteiger partial charge is 0.131 e. The van der Waals surface area contributed by atoms with E-state index in [-0.39, 0.29) is 5.82 Å². The van der Waals surface area contributed by atoms with Crippen molar-refractivity contribution in [2.75, 3.05) is 0 Å². The van der Waals surface area contributed by atoms with Crippen LogP contribution in [0.3, 0.4) is 0 Å². The van der Waals surface area contributed by atoms with E-state index >= 15 is 0 Å². The molecule has 0 saturated carbocycles. The van der Waals surface area contributed by atoms with Crippen LogP contribution >= 0.6 is 0 Å². The SMILES string of the molecule is CCc1ccc(CC)c(-c2cc(CN)ccc2F)c1. The van der Waals surface area contributed by atoms with Gasteiger partial charge in [-0.1, -0.05) is 38.1 Å². The molecule has 2 heteroatoms. The third-order valence-corrected chi connectivity index (χ3v) is 3.52. The minimum Gasteiger partial charge on any atom is -0.326 e. The number of rotatable bonds is 4. The van der Waals surface area contributed by atoms with Gasteiger partial charge in [0.15, 0.2) is 0 Å². The van der Waals surface area contributed by atoms with E-state index in [1.165, 1.54) is 17.2 Å². The van der Waals surface area contributed by atoms with E-state index in [9.17, 15) is 4.39 Å². The average Bonchev–Trinajstić information content (AvgIpc) is 2.47. The second kappa shape index (κ2) is 5.98. The Kier molecular flexibility index (Phi) is 4.33. The number of benzene rings is 2. The highest BCUT2D eigenvalue weighted by atomic mass is 19.1. The molecular weight excluding hydrogens is 237 g/mol. The Morgan fingerprint density at radius 2 is 1.58 bits per heavy atom. The fourth-order valence-electron chi connectivity index (χ4n) is 2.31. The molecule has 0 saturated heterocycles. The average molecular weight is 257 g/mol. The molecule has 0 atom stereocenters. The van der Waals surface area contributed by atoms with Gasteiger partial charge in [-0.25, -0.2) is 4.39 Å². The summed E-state index contributed by atoms with van der Waals surface area (Å²) in [6.07, 6.45) is 1.85. The molecule has 2 rings (SSSR count). The molecule has 100 valence electrons. The van der Waals surface area contributed by atoms with Gasteiger partial charge in [0.25, 0.3) is 0 Å². The number of hydrogen-bond acceptors (Lipinski definition) is 1. The maximum absolute atomic E-state index is 14.1. The molecule has 0 aliphatic rings. The van der Waals surface area contributed by atoms with E-state index < -0.39 is 0 Å². The zero-order chi connectivity index (χ0) is 13.8. The van der Waals surface area contributed by atoms with Crippen LogP contribution in [0.1, 0.15) is 30.5 Å². The lowest BCUT2D eigenvalue weighted by atomic mass is 9.94. The molecule has 2 aromatic carbocycles. The summed E-state index contributed by atoms with van der Waals surface area (Å²) in [6.45, 7) is 4.63. The molecule has 1 nitrogen and oxygen atoms in total. The molecule has 0 bridgehead atoms. The molecule has 0 aromatic heterocycles. The van der Waals surface area contributed by atoms with E-state index in [1.54, 1.807) is 6.07 Å². The Balaban J connectivity index is 2.62. The van der Waals surface area contributed by atoms with Crippen LogP contribution < -0.4 is 5.73 Å². The van der Waals surface area contributed by atoms with E-state index in [4.69, 9.17) is 5.73 Å². The largest absolute Gasteiger partial charge is 0.326 e. The monoisotopic (exact) mass is 257 g/mol. The Bertz CT molecular complexity index is 575. The van der Waals surface area contributed by atoms with Crippen molar-refractivity contribution < 1.29 is 4.39 Å². The first-order chi connectivity index (χ1) is 9.19. The van der Waals surface area contributed by atoms with Crippen LogP contribution in [-0.2, 0) is 19.4 Å². The van der Waals surface area contributed by atoms with Crippen molar-refractivity contribution in [2.24, 2.45) is 5.73 Å². The van der Waals surface area contributed by atoms with Crippen molar-refractivity contribution in [1.82, 2.24) is 0 Å². The highest BCUT2D eigenvalue weighted by Crippen LogP contribution is 2.29. The first-order valence-corrected chi connectivity index (χ1v) is 6.80. The first-order valence-electron chi connectivity index (χ1n) is 6.80. The predicted molar refractivity (Wildman–Crippen MR) is 78.5 cm³/mol. The number of hydrogen-bond donors (Lipinski definition) is 1. The van der Waals surface area contributed by atoms with Crippen LogP contribution in [-0.4, -0.2) is 0 Å². The van der Waals surface area contributed by atoms with Gasteiger partial charge in [0.1, 0.15) is 5.82 Å². The second-order valence-corrected chi connectivity index (χ2v) is 4.72. The van der Waals surface area contributed by atoms with E-state index in [2.05, 4.69) is 32.0 Å². The molecule has 0 radical (unpaired) electrons. The summed E-state index contributed by atoms with van der Waals surface area (Å²) < 4.78 is 14.1. The summed E-state index contributed by atoms with van der Waals surface area (Å²) in [7, 11) is 0. The van der Waals surface area contributed by atoms with E-state index in [1.807, 2.05) is 6.07 Å². The van der Waals surface area contributed by atoms with Crippen LogP contribution in [0.2, 0.25) is 0 Å². The van der Waals surface area contributed by atoms with Gasteiger partial charge in [-0.2, -0.15) is 0 Å². The third-order valence-electron chi connectivity index (χ3n) is 3.52. The fraction of sp³-hybridized carbons (Fsp3) is 0.294. The van der Waals surface area contributed by atoms with Crippen LogP contribution in [0.25, 0.3) is 11.1 Å². The summed E-state index contributed by atoms with van der Waals surface area (Å²) in [6, 6.07) is 11.4. The van der Waals surface area contributed by atoms with Crippen molar-refractivity contribution in [1.29, 1.82) is 0 Å². The van der Waals surface area contributed by atoms with Gasteiger partial charge in [0.05, 0.1) is 0 Å². The van der Waals surface area contributed by atoms with Crippen molar-refractivity contribution in [3.8, 4) is 11.1 Å². The van der Waals surface area contributed by atoms with Crippen molar-refractivity contribution in [2.45, 2.75) is 33.2 Å². The molecule has 0 aliphatic heterocycles. The maximum atomic E-state index is 14.1. The van der Waals surface area contributed by atoms with Gasteiger partial charge in [0, 0.05) is 12.1 Å². The summed E-state index contributed by atoms with van der Waals surface area (Å²) in [5, 5.41) is 0. The molecule has 2 N–H and O–H groups in total. The Morgan fingerprint density at radius 1 is 0.895 bits per heavy atom. The van der Waals surface area contributed by atoms with Crippen molar-refractivity contribution >= 4 is 0 Å². The lowest BCUT2D eigenvalue weighted by Gasteiger charge is -2.12. The zero-order valence-corrected chi connectivity index (χ0v) is 11.5. The fourth-order valence-corrected chi connectivity index (χ4v) is 2.31. The van der Waals surface area contributed by atoms with Gasteiger partial charge in [-0.3, -0.25) is 0 Å². The molecule has 0 unspecified atom stereocenters. The number of halogens is 1. The zero-order valence-electron chi connectivity index (χ0n) is 11.5. The molecule has 19 heavy (non-hydrogen) atoms. The van der Waals surface area contributed by atoms with Crippen LogP contribution in [0.15, 0.2) is 36.4 Å². The normalized spacial score (nSPS) is 10.7. The summed E-state index contributed by atoms with van der Waals surface area (Å²) >= 11 is 0. The predicted octanol–water partition coefficient (Wildman–Crippen LogP) is 4.08. The van der Waals surface area contributed by atoms with Gasteiger partial charge < -0.3 is 5.73 Å². The van der Waals surface area contributed by atoms with E-state index in [0.717, 1.165) is 24.0 Å². The summed E-state index contributed by atoms with van der Waals surface area (Å²) in [5.74, 6) is -0.180. The summed E-state index contributed by atoms with van der Waals surface area (Å²) in [4.78, 5) is 0. The Hall–Kier alpha value is -1.67. The first kappa shape index (κ1) is 13.8. The lowest BCUT2D eigenvalue weighted by Crippen LogP contribution is -1.99. The van der Waals surface area contributed by atoms with Gasteiger partial charge in [-0.05, 0) is 47.2 Å². The van der Waals surface area contributed by atoms with Gasteiger partial charge >= 0.3 is 0 Å². The number of nitrogens with two attached hydrogens (primary N) is 1. The van der Waals surface area contributed by atoms with Gasteiger partial charge in [-0.15, -0.1) is 0 Å². The molecule has 0 heterocycles. The Morgan fingerprint density at radius 3 is 2.21 bits per heavy atom. The quantitative estimate of drug-likeness (QED) is 0.877. The summed E-state index contributed by atoms with van der Waals surface area (Å²) in [5.41, 5.74) is 10.7.